The number of nitrogens with zero attached hydrogens (tertiary/aromatic N) is 1. The summed E-state index contributed by atoms with van der Waals surface area (Å²) >= 11 is 3.22. The SMILES string of the molecule is C[C@@H]1CN(S(=O)(=O)CCNC(=O)C2SCCS2)C[C@@H](C)O1. The van der Waals surface area contributed by atoms with Crippen molar-refractivity contribution in [2.45, 2.75) is 30.6 Å². The van der Waals surface area contributed by atoms with Crippen LogP contribution in [0.25, 0.3) is 0 Å². The molecular weight excluding hydrogens is 332 g/mol. The van der Waals surface area contributed by atoms with Gasteiger partial charge in [0.15, 0.2) is 0 Å². The van der Waals surface area contributed by atoms with Gasteiger partial charge >= 0.3 is 0 Å². The molecule has 1 amide bonds. The second-order valence-electron chi connectivity index (χ2n) is 5.25. The average Bonchev–Trinajstić information content (AvgIpc) is 2.91. The van der Waals surface area contributed by atoms with Gasteiger partial charge in [-0.1, -0.05) is 0 Å². The Morgan fingerprint density at radius 2 is 1.81 bits per heavy atom. The maximum absolute atomic E-state index is 12.3. The van der Waals surface area contributed by atoms with Crippen molar-refractivity contribution in [1.29, 1.82) is 0 Å². The number of hydrogen-bond acceptors (Lipinski definition) is 6. The lowest BCUT2D eigenvalue weighted by Gasteiger charge is -2.34. The number of thioether (sulfide) groups is 2. The number of amides is 1. The van der Waals surface area contributed by atoms with Crippen LogP contribution in [0.2, 0.25) is 0 Å². The average molecular weight is 355 g/mol. The van der Waals surface area contributed by atoms with E-state index in [2.05, 4.69) is 5.32 Å². The van der Waals surface area contributed by atoms with Crippen LogP contribution in [0.15, 0.2) is 0 Å². The van der Waals surface area contributed by atoms with Gasteiger partial charge < -0.3 is 10.1 Å². The molecule has 2 aliphatic heterocycles. The first-order valence-corrected chi connectivity index (χ1v) is 10.7. The van der Waals surface area contributed by atoms with Gasteiger partial charge in [0, 0.05) is 31.1 Å². The molecule has 2 rings (SSSR count). The zero-order valence-electron chi connectivity index (χ0n) is 12.3. The largest absolute Gasteiger partial charge is 0.373 e. The Balaban J connectivity index is 1.79. The molecule has 0 aliphatic carbocycles. The molecule has 1 N–H and O–H groups in total. The van der Waals surface area contributed by atoms with E-state index in [1.807, 2.05) is 13.8 Å². The zero-order valence-corrected chi connectivity index (χ0v) is 14.7. The maximum Gasteiger partial charge on any atom is 0.243 e. The highest BCUT2D eigenvalue weighted by Gasteiger charge is 2.31. The molecule has 0 aromatic rings. The fourth-order valence-electron chi connectivity index (χ4n) is 2.38. The number of hydrogen-bond donors (Lipinski definition) is 1. The molecule has 0 spiro atoms. The molecule has 2 fully saturated rings. The molecule has 2 atom stereocenters. The first-order chi connectivity index (χ1) is 9.88. The van der Waals surface area contributed by atoms with Crippen LogP contribution >= 0.6 is 23.5 Å². The topological polar surface area (TPSA) is 75.7 Å². The Bertz CT molecular complexity index is 455. The first kappa shape index (κ1) is 17.4. The Labute approximate surface area is 134 Å². The summed E-state index contributed by atoms with van der Waals surface area (Å²) in [7, 11) is -3.34. The van der Waals surface area contributed by atoms with Gasteiger partial charge in [-0.2, -0.15) is 4.31 Å². The van der Waals surface area contributed by atoms with Gasteiger partial charge in [-0.05, 0) is 13.8 Å². The molecule has 0 unspecified atom stereocenters. The Hall–Kier alpha value is 0.0400. The van der Waals surface area contributed by atoms with Gasteiger partial charge in [-0.3, -0.25) is 4.79 Å². The lowest BCUT2D eigenvalue weighted by Crippen LogP contribution is -2.49. The van der Waals surface area contributed by atoms with Crippen LogP contribution in [-0.2, 0) is 19.6 Å². The number of sulfonamides is 1. The van der Waals surface area contributed by atoms with Crippen molar-refractivity contribution in [1.82, 2.24) is 9.62 Å². The minimum absolute atomic E-state index is 0.0553. The third kappa shape index (κ3) is 5.02. The summed E-state index contributed by atoms with van der Waals surface area (Å²) < 4.78 is 31.5. The predicted molar refractivity (Wildman–Crippen MR) is 87.1 cm³/mol. The van der Waals surface area contributed by atoms with E-state index in [0.29, 0.717) is 13.1 Å². The van der Waals surface area contributed by atoms with Crippen molar-refractivity contribution in [3.8, 4) is 0 Å². The van der Waals surface area contributed by atoms with Crippen LogP contribution in [-0.4, -0.2) is 72.3 Å². The third-order valence-corrected chi connectivity index (χ3v) is 8.07. The second kappa shape index (κ2) is 7.54. The van der Waals surface area contributed by atoms with Crippen LogP contribution < -0.4 is 5.32 Å². The smallest absolute Gasteiger partial charge is 0.243 e. The minimum Gasteiger partial charge on any atom is -0.373 e. The van der Waals surface area contributed by atoms with Crippen molar-refractivity contribution in [3.05, 3.63) is 0 Å². The van der Waals surface area contributed by atoms with E-state index in [9.17, 15) is 13.2 Å². The molecule has 0 saturated carbocycles. The monoisotopic (exact) mass is 354 g/mol. The molecule has 21 heavy (non-hydrogen) atoms. The number of carbonyl (C=O) groups is 1. The number of nitrogens with one attached hydrogen (secondary N) is 1. The maximum atomic E-state index is 12.3. The van der Waals surface area contributed by atoms with Gasteiger partial charge in [-0.25, -0.2) is 8.42 Å². The van der Waals surface area contributed by atoms with Gasteiger partial charge in [0.1, 0.15) is 4.58 Å². The molecule has 122 valence electrons. The van der Waals surface area contributed by atoms with Gasteiger partial charge in [0.05, 0.1) is 18.0 Å². The standard InChI is InChI=1S/C12H22N2O4S3/c1-9-7-14(8-10(2)18-9)21(16,17)6-3-13-11(15)12-19-4-5-20-12/h9-10,12H,3-8H2,1-2H3,(H,13,15)/t9-,10-/m1/s1. The number of carbonyl (C=O) groups excluding carboxylic acids is 1. The predicted octanol–water partition coefficient (Wildman–Crippen LogP) is 0.348. The second-order valence-corrected chi connectivity index (χ2v) is 10.1. The van der Waals surface area contributed by atoms with E-state index in [1.54, 1.807) is 23.5 Å². The van der Waals surface area contributed by atoms with Gasteiger partial charge in [0.25, 0.3) is 0 Å². The van der Waals surface area contributed by atoms with Gasteiger partial charge in [0.2, 0.25) is 15.9 Å². The highest BCUT2D eigenvalue weighted by molar-refractivity contribution is 8.21. The van der Waals surface area contributed by atoms with Gasteiger partial charge in [-0.15, -0.1) is 23.5 Å². The van der Waals surface area contributed by atoms with E-state index in [4.69, 9.17) is 4.74 Å². The Morgan fingerprint density at radius 1 is 1.24 bits per heavy atom. The molecule has 0 bridgehead atoms. The van der Waals surface area contributed by atoms with Crippen LogP contribution in [0.1, 0.15) is 13.8 Å². The zero-order chi connectivity index (χ0) is 15.5. The summed E-state index contributed by atoms with van der Waals surface area (Å²) in [4.78, 5) is 11.8. The van der Waals surface area contributed by atoms with Crippen LogP contribution in [0.5, 0.6) is 0 Å². The fourth-order valence-corrected chi connectivity index (χ4v) is 6.51. The van der Waals surface area contributed by atoms with E-state index < -0.39 is 10.0 Å². The van der Waals surface area contributed by atoms with E-state index in [1.165, 1.54) is 4.31 Å². The fraction of sp³-hybridized carbons (Fsp3) is 0.917. The number of rotatable bonds is 5. The van der Waals surface area contributed by atoms with Crippen molar-refractivity contribution < 1.29 is 17.9 Å². The summed E-state index contributed by atoms with van der Waals surface area (Å²) in [6.07, 6.45) is -0.186. The number of morpholine rings is 1. The van der Waals surface area contributed by atoms with Crippen LogP contribution in [0.4, 0.5) is 0 Å². The quantitative estimate of drug-likeness (QED) is 0.768. The highest BCUT2D eigenvalue weighted by atomic mass is 32.2. The Morgan fingerprint density at radius 3 is 2.38 bits per heavy atom. The van der Waals surface area contributed by atoms with Crippen molar-refractivity contribution in [2.75, 3.05) is 36.9 Å². The van der Waals surface area contributed by atoms with Crippen LogP contribution in [0.3, 0.4) is 0 Å². The molecule has 0 radical (unpaired) electrons. The molecule has 2 saturated heterocycles. The van der Waals surface area contributed by atoms with E-state index in [-0.39, 0.29) is 35.0 Å². The van der Waals surface area contributed by atoms with E-state index in [0.717, 1.165) is 11.5 Å². The first-order valence-electron chi connectivity index (χ1n) is 7.02. The molecule has 0 aromatic heterocycles. The molecular formula is C12H22N2O4S3. The third-order valence-electron chi connectivity index (χ3n) is 3.27. The number of ether oxygens (including phenoxy) is 1. The summed E-state index contributed by atoms with van der Waals surface area (Å²) in [5.74, 6) is 1.83. The van der Waals surface area contributed by atoms with Crippen molar-refractivity contribution >= 4 is 39.5 Å². The minimum atomic E-state index is -3.34. The normalized spacial score (nSPS) is 28.7. The van der Waals surface area contributed by atoms with Crippen molar-refractivity contribution in [3.63, 3.8) is 0 Å². The van der Waals surface area contributed by atoms with Crippen molar-refractivity contribution in [2.24, 2.45) is 0 Å². The highest BCUT2D eigenvalue weighted by Crippen LogP contribution is 2.31. The lowest BCUT2D eigenvalue weighted by molar-refractivity contribution is -0.119. The summed E-state index contributed by atoms with van der Waals surface area (Å²) in [6.45, 7) is 4.67. The molecule has 2 heterocycles. The summed E-state index contributed by atoms with van der Waals surface area (Å²) in [6, 6.07) is 0. The van der Waals surface area contributed by atoms with E-state index >= 15 is 0 Å². The summed E-state index contributed by atoms with van der Waals surface area (Å²) in [5.41, 5.74) is 0. The van der Waals surface area contributed by atoms with Crippen LogP contribution in [0, 0.1) is 0 Å². The Kier molecular flexibility index (Phi) is 6.25. The molecule has 6 nitrogen and oxygen atoms in total. The molecule has 9 heteroatoms. The summed E-state index contributed by atoms with van der Waals surface area (Å²) in [5, 5.41) is 2.72. The molecule has 2 aliphatic rings. The molecule has 0 aromatic carbocycles. The lowest BCUT2D eigenvalue weighted by atomic mass is 10.3.